The summed E-state index contributed by atoms with van der Waals surface area (Å²) in [5.74, 6) is -0.303. The van der Waals surface area contributed by atoms with Crippen molar-refractivity contribution in [3.05, 3.63) is 71.9 Å². The molecule has 0 saturated heterocycles. The zero-order valence-corrected chi connectivity index (χ0v) is 15.7. The van der Waals surface area contributed by atoms with Gasteiger partial charge in [-0.05, 0) is 29.5 Å². The van der Waals surface area contributed by atoms with E-state index in [1.165, 1.54) is 12.7 Å². The van der Waals surface area contributed by atoms with Crippen molar-refractivity contribution in [3.63, 3.8) is 0 Å². The molecule has 0 N–H and O–H groups in total. The van der Waals surface area contributed by atoms with Gasteiger partial charge in [0, 0.05) is 24.8 Å². The van der Waals surface area contributed by atoms with E-state index in [0.29, 0.717) is 6.54 Å². The molecule has 27 heavy (non-hydrogen) atoms. The van der Waals surface area contributed by atoms with Crippen LogP contribution >= 0.6 is 0 Å². The minimum atomic E-state index is -0.316. The standard InChI is InChI=1S/C22H24N2O3/c1-23(13-12-17-8-4-3-5-9-17)21(25)16-24-19(15-22(26)27-2)14-18-10-6-7-11-20(18)24/h3-11,14H,12-13,15-16H2,1-2H3. The van der Waals surface area contributed by atoms with Crippen LogP contribution in [0.2, 0.25) is 0 Å². The number of hydrogen-bond donors (Lipinski definition) is 0. The smallest absolute Gasteiger partial charge is 0.311 e. The number of fused-ring (bicyclic) bond motifs is 1. The minimum Gasteiger partial charge on any atom is -0.469 e. The van der Waals surface area contributed by atoms with E-state index in [4.69, 9.17) is 4.74 Å². The van der Waals surface area contributed by atoms with Crippen molar-refractivity contribution in [2.75, 3.05) is 20.7 Å². The van der Waals surface area contributed by atoms with Gasteiger partial charge in [-0.1, -0.05) is 48.5 Å². The molecule has 0 atom stereocenters. The maximum absolute atomic E-state index is 12.8. The summed E-state index contributed by atoms with van der Waals surface area (Å²) in [6.07, 6.45) is 0.955. The van der Waals surface area contributed by atoms with Crippen LogP contribution < -0.4 is 0 Å². The Hall–Kier alpha value is -3.08. The number of para-hydroxylation sites is 1. The van der Waals surface area contributed by atoms with Gasteiger partial charge in [-0.15, -0.1) is 0 Å². The summed E-state index contributed by atoms with van der Waals surface area (Å²) in [4.78, 5) is 26.3. The Morgan fingerprint density at radius 1 is 1.04 bits per heavy atom. The van der Waals surface area contributed by atoms with Gasteiger partial charge in [0.15, 0.2) is 0 Å². The summed E-state index contributed by atoms with van der Waals surface area (Å²) in [5.41, 5.74) is 2.93. The predicted molar refractivity (Wildman–Crippen MR) is 105 cm³/mol. The number of rotatable bonds is 7. The second-order valence-corrected chi connectivity index (χ2v) is 6.58. The Morgan fingerprint density at radius 2 is 1.74 bits per heavy atom. The van der Waals surface area contributed by atoms with Crippen LogP contribution in [0.1, 0.15) is 11.3 Å². The van der Waals surface area contributed by atoms with E-state index in [2.05, 4.69) is 12.1 Å². The molecule has 0 fully saturated rings. The molecule has 0 radical (unpaired) electrons. The Kier molecular flexibility index (Phi) is 5.91. The number of ether oxygens (including phenoxy) is 1. The third-order valence-corrected chi connectivity index (χ3v) is 4.75. The largest absolute Gasteiger partial charge is 0.469 e. The molecule has 0 saturated carbocycles. The molecule has 0 aliphatic rings. The Labute approximate surface area is 159 Å². The average Bonchev–Trinajstić information content (AvgIpc) is 3.03. The lowest BCUT2D eigenvalue weighted by Crippen LogP contribution is -2.32. The summed E-state index contributed by atoms with van der Waals surface area (Å²) in [5, 5.41) is 1.01. The SMILES string of the molecule is COC(=O)Cc1cc2ccccc2n1CC(=O)N(C)CCc1ccccc1. The molecule has 1 amide bonds. The van der Waals surface area contributed by atoms with Crippen molar-refractivity contribution in [2.45, 2.75) is 19.4 Å². The van der Waals surface area contributed by atoms with Gasteiger partial charge in [0.1, 0.15) is 6.54 Å². The second kappa shape index (κ2) is 8.54. The van der Waals surface area contributed by atoms with E-state index in [0.717, 1.165) is 23.0 Å². The second-order valence-electron chi connectivity index (χ2n) is 6.58. The van der Waals surface area contributed by atoms with Crippen LogP contribution in [0.3, 0.4) is 0 Å². The van der Waals surface area contributed by atoms with E-state index in [-0.39, 0.29) is 24.8 Å². The van der Waals surface area contributed by atoms with Crippen molar-refractivity contribution in [2.24, 2.45) is 0 Å². The first-order valence-electron chi connectivity index (χ1n) is 9.00. The van der Waals surface area contributed by atoms with Crippen LogP contribution in [-0.2, 0) is 33.7 Å². The van der Waals surface area contributed by atoms with E-state index in [1.807, 2.05) is 60.1 Å². The van der Waals surface area contributed by atoms with Gasteiger partial charge in [0.2, 0.25) is 5.91 Å². The van der Waals surface area contributed by atoms with E-state index < -0.39 is 0 Å². The molecular weight excluding hydrogens is 340 g/mol. The minimum absolute atomic E-state index is 0.0124. The number of hydrogen-bond acceptors (Lipinski definition) is 3. The molecule has 0 bridgehead atoms. The Bertz CT molecular complexity index is 931. The molecule has 3 rings (SSSR count). The van der Waals surface area contributed by atoms with Crippen LogP contribution in [0.5, 0.6) is 0 Å². The van der Waals surface area contributed by atoms with E-state index >= 15 is 0 Å². The van der Waals surface area contributed by atoms with Crippen LogP contribution in [0.4, 0.5) is 0 Å². The number of nitrogens with zero attached hydrogens (tertiary/aromatic N) is 2. The number of aromatic nitrogens is 1. The summed E-state index contributed by atoms with van der Waals surface area (Å²) < 4.78 is 6.71. The molecule has 0 aliphatic heterocycles. The van der Waals surface area contributed by atoms with Gasteiger partial charge >= 0.3 is 5.97 Å². The molecule has 2 aromatic carbocycles. The molecule has 5 heteroatoms. The fraction of sp³-hybridized carbons (Fsp3) is 0.273. The molecule has 3 aromatic rings. The molecule has 1 heterocycles. The van der Waals surface area contributed by atoms with Crippen molar-refractivity contribution in [3.8, 4) is 0 Å². The average molecular weight is 364 g/mol. The van der Waals surface area contributed by atoms with Crippen molar-refractivity contribution in [1.29, 1.82) is 0 Å². The van der Waals surface area contributed by atoms with E-state index in [1.54, 1.807) is 4.90 Å². The number of esters is 1. The number of likely N-dealkylation sites (N-methyl/N-ethyl adjacent to an activating group) is 1. The monoisotopic (exact) mass is 364 g/mol. The first-order chi connectivity index (χ1) is 13.1. The quantitative estimate of drug-likeness (QED) is 0.606. The Morgan fingerprint density at radius 3 is 2.48 bits per heavy atom. The molecule has 140 valence electrons. The zero-order chi connectivity index (χ0) is 19.2. The van der Waals surface area contributed by atoms with Crippen molar-refractivity contribution >= 4 is 22.8 Å². The van der Waals surface area contributed by atoms with Gasteiger partial charge in [0.05, 0.1) is 13.5 Å². The number of amides is 1. The van der Waals surface area contributed by atoms with Gasteiger partial charge in [-0.2, -0.15) is 0 Å². The van der Waals surface area contributed by atoms with Crippen LogP contribution in [0, 0.1) is 0 Å². The number of carbonyl (C=O) groups excluding carboxylic acids is 2. The first kappa shape index (κ1) is 18.7. The lowest BCUT2D eigenvalue weighted by atomic mass is 10.1. The molecule has 0 aliphatic carbocycles. The number of carbonyl (C=O) groups is 2. The van der Waals surface area contributed by atoms with Crippen LogP contribution in [0.15, 0.2) is 60.7 Å². The normalized spacial score (nSPS) is 10.7. The Balaban J connectivity index is 1.75. The lowest BCUT2D eigenvalue weighted by Gasteiger charge is -2.19. The summed E-state index contributed by atoms with van der Waals surface area (Å²) in [6, 6.07) is 19.9. The molecular formula is C22H24N2O3. The fourth-order valence-corrected chi connectivity index (χ4v) is 3.14. The van der Waals surface area contributed by atoms with Gasteiger partial charge in [-0.3, -0.25) is 9.59 Å². The van der Waals surface area contributed by atoms with Gasteiger partial charge < -0.3 is 14.2 Å². The summed E-state index contributed by atoms with van der Waals surface area (Å²) >= 11 is 0. The first-order valence-corrected chi connectivity index (χ1v) is 9.00. The van der Waals surface area contributed by atoms with Crippen LogP contribution in [0.25, 0.3) is 10.9 Å². The summed E-state index contributed by atoms with van der Waals surface area (Å²) in [6.45, 7) is 0.847. The topological polar surface area (TPSA) is 51.5 Å². The number of methoxy groups -OCH3 is 1. The highest BCUT2D eigenvalue weighted by atomic mass is 16.5. The third-order valence-electron chi connectivity index (χ3n) is 4.75. The highest BCUT2D eigenvalue weighted by molar-refractivity contribution is 5.86. The molecule has 5 nitrogen and oxygen atoms in total. The van der Waals surface area contributed by atoms with E-state index in [9.17, 15) is 9.59 Å². The molecule has 0 unspecified atom stereocenters. The lowest BCUT2D eigenvalue weighted by molar-refractivity contribution is -0.140. The third kappa shape index (κ3) is 4.56. The number of benzene rings is 2. The highest BCUT2D eigenvalue weighted by Gasteiger charge is 2.17. The van der Waals surface area contributed by atoms with Gasteiger partial charge in [-0.25, -0.2) is 0 Å². The maximum atomic E-state index is 12.8. The highest BCUT2D eigenvalue weighted by Crippen LogP contribution is 2.21. The zero-order valence-electron chi connectivity index (χ0n) is 15.7. The predicted octanol–water partition coefficient (Wildman–Crippen LogP) is 3.06. The summed E-state index contributed by atoms with van der Waals surface area (Å²) in [7, 11) is 3.19. The van der Waals surface area contributed by atoms with Gasteiger partial charge in [0.25, 0.3) is 0 Å². The van der Waals surface area contributed by atoms with Crippen molar-refractivity contribution in [1.82, 2.24) is 9.47 Å². The maximum Gasteiger partial charge on any atom is 0.311 e. The molecule has 0 spiro atoms. The fourth-order valence-electron chi connectivity index (χ4n) is 3.14. The molecule has 1 aromatic heterocycles. The van der Waals surface area contributed by atoms with Crippen LogP contribution in [-0.4, -0.2) is 42.0 Å². The van der Waals surface area contributed by atoms with Crippen molar-refractivity contribution < 1.29 is 14.3 Å².